The molecule has 2 rings (SSSR count). The molecule has 0 amide bonds. The van der Waals surface area contributed by atoms with Crippen LogP contribution in [0.3, 0.4) is 0 Å². The lowest BCUT2D eigenvalue weighted by Crippen LogP contribution is -2.33. The summed E-state index contributed by atoms with van der Waals surface area (Å²) >= 11 is 0. The molecule has 4 heteroatoms. The number of phenolic OH excluding ortho intramolecular Hbond substituents is 1. The largest absolute Gasteiger partial charge is 0.504 e. The molecule has 1 aliphatic carbocycles. The van der Waals surface area contributed by atoms with Crippen LogP contribution in [0, 0.1) is 5.82 Å². The summed E-state index contributed by atoms with van der Waals surface area (Å²) in [4.78, 5) is 0. The average molecular weight is 239 g/mol. The number of hydrogen-bond donors (Lipinski definition) is 2. The van der Waals surface area contributed by atoms with Crippen molar-refractivity contribution in [2.24, 2.45) is 5.73 Å². The van der Waals surface area contributed by atoms with E-state index in [1.807, 2.05) is 0 Å². The fourth-order valence-electron chi connectivity index (χ4n) is 2.78. The first-order valence-electron chi connectivity index (χ1n) is 5.90. The first-order valence-corrected chi connectivity index (χ1v) is 5.90. The molecule has 0 radical (unpaired) electrons. The molecule has 0 unspecified atom stereocenters. The van der Waals surface area contributed by atoms with Gasteiger partial charge in [0.1, 0.15) is 0 Å². The van der Waals surface area contributed by atoms with Gasteiger partial charge in [-0.15, -0.1) is 0 Å². The quantitative estimate of drug-likeness (QED) is 0.851. The van der Waals surface area contributed by atoms with E-state index in [0.29, 0.717) is 12.1 Å². The van der Waals surface area contributed by atoms with Gasteiger partial charge in [0.15, 0.2) is 17.3 Å². The minimum atomic E-state index is -0.472. The lowest BCUT2D eigenvalue weighted by atomic mass is 9.78. The lowest BCUT2D eigenvalue weighted by molar-refractivity contribution is 0.339. The number of hydrogen-bond acceptors (Lipinski definition) is 3. The minimum absolute atomic E-state index is 0.0813. The molecule has 94 valence electrons. The molecule has 0 spiro atoms. The number of nitrogens with two attached hydrogens (primary N) is 1. The Morgan fingerprint density at radius 1 is 1.41 bits per heavy atom. The molecule has 1 aromatic rings. The maximum absolute atomic E-state index is 14.3. The first kappa shape index (κ1) is 12.2. The zero-order valence-corrected chi connectivity index (χ0v) is 10.0. The summed E-state index contributed by atoms with van der Waals surface area (Å²) in [6, 6.07) is 3.11. The zero-order chi connectivity index (χ0) is 12.5. The van der Waals surface area contributed by atoms with Gasteiger partial charge < -0.3 is 15.6 Å². The predicted octanol–water partition coefficient (Wildman–Crippen LogP) is 2.31. The third-order valence-corrected chi connectivity index (χ3v) is 3.80. The van der Waals surface area contributed by atoms with Gasteiger partial charge in [-0.25, -0.2) is 4.39 Å². The number of benzene rings is 1. The number of ether oxygens (including phenoxy) is 1. The molecule has 0 aromatic heterocycles. The van der Waals surface area contributed by atoms with Crippen LogP contribution >= 0.6 is 0 Å². The molecule has 0 aliphatic heterocycles. The molecule has 0 saturated heterocycles. The molecular formula is C13H18FNO2. The Kier molecular flexibility index (Phi) is 3.24. The average Bonchev–Trinajstić information content (AvgIpc) is 2.79. The van der Waals surface area contributed by atoms with Crippen LogP contribution in [-0.4, -0.2) is 18.8 Å². The maximum atomic E-state index is 14.3. The SMILES string of the molecule is COc1c(O)ccc(C2(CN)CCCC2)c1F. The fourth-order valence-corrected chi connectivity index (χ4v) is 2.78. The fraction of sp³-hybridized carbons (Fsp3) is 0.538. The third kappa shape index (κ3) is 1.86. The van der Waals surface area contributed by atoms with Gasteiger partial charge in [0.05, 0.1) is 7.11 Å². The normalized spacial score (nSPS) is 18.3. The van der Waals surface area contributed by atoms with E-state index in [4.69, 9.17) is 10.5 Å². The van der Waals surface area contributed by atoms with Crippen molar-refractivity contribution in [3.8, 4) is 11.5 Å². The second kappa shape index (κ2) is 4.53. The number of methoxy groups -OCH3 is 1. The number of halogens is 1. The van der Waals surface area contributed by atoms with Crippen LogP contribution in [0.15, 0.2) is 12.1 Å². The summed E-state index contributed by atoms with van der Waals surface area (Å²) in [6.07, 6.45) is 3.93. The molecule has 1 aliphatic rings. The van der Waals surface area contributed by atoms with Crippen LogP contribution in [0.25, 0.3) is 0 Å². The molecular weight excluding hydrogens is 221 g/mol. The number of phenols is 1. The van der Waals surface area contributed by atoms with Crippen LogP contribution in [0.1, 0.15) is 31.2 Å². The van der Waals surface area contributed by atoms with E-state index in [1.165, 1.54) is 13.2 Å². The van der Waals surface area contributed by atoms with E-state index in [9.17, 15) is 9.50 Å². The molecule has 1 fully saturated rings. The summed E-state index contributed by atoms with van der Waals surface area (Å²) in [6.45, 7) is 0.428. The second-order valence-electron chi connectivity index (χ2n) is 4.67. The third-order valence-electron chi connectivity index (χ3n) is 3.80. The van der Waals surface area contributed by atoms with Gasteiger partial charge >= 0.3 is 0 Å². The van der Waals surface area contributed by atoms with Crippen molar-refractivity contribution >= 4 is 0 Å². The Balaban J connectivity index is 2.51. The van der Waals surface area contributed by atoms with E-state index in [2.05, 4.69) is 0 Å². The lowest BCUT2D eigenvalue weighted by Gasteiger charge is -2.28. The van der Waals surface area contributed by atoms with Gasteiger partial charge in [-0.3, -0.25) is 0 Å². The zero-order valence-electron chi connectivity index (χ0n) is 10.0. The van der Waals surface area contributed by atoms with E-state index >= 15 is 0 Å². The highest BCUT2D eigenvalue weighted by Crippen LogP contribution is 2.44. The number of aromatic hydroxyl groups is 1. The van der Waals surface area contributed by atoms with E-state index in [1.54, 1.807) is 6.07 Å². The summed E-state index contributed by atoms with van der Waals surface area (Å²) in [5.74, 6) is -0.721. The summed E-state index contributed by atoms with van der Waals surface area (Å²) < 4.78 is 19.2. The molecule has 1 saturated carbocycles. The van der Waals surface area contributed by atoms with Crippen molar-refractivity contribution in [1.29, 1.82) is 0 Å². The topological polar surface area (TPSA) is 55.5 Å². The molecule has 3 N–H and O–H groups in total. The van der Waals surface area contributed by atoms with Gasteiger partial charge in [0.2, 0.25) is 0 Å². The van der Waals surface area contributed by atoms with E-state index in [-0.39, 0.29) is 16.9 Å². The Labute approximate surface area is 100 Å². The van der Waals surface area contributed by atoms with Crippen molar-refractivity contribution in [2.75, 3.05) is 13.7 Å². The molecule has 0 bridgehead atoms. The van der Waals surface area contributed by atoms with E-state index in [0.717, 1.165) is 25.7 Å². The highest BCUT2D eigenvalue weighted by atomic mass is 19.1. The van der Waals surface area contributed by atoms with Gasteiger partial charge in [0, 0.05) is 12.0 Å². The van der Waals surface area contributed by atoms with Crippen molar-refractivity contribution in [3.05, 3.63) is 23.5 Å². The van der Waals surface area contributed by atoms with Crippen molar-refractivity contribution < 1.29 is 14.2 Å². The van der Waals surface area contributed by atoms with Gasteiger partial charge in [-0.1, -0.05) is 18.9 Å². The predicted molar refractivity (Wildman–Crippen MR) is 63.8 cm³/mol. The first-order chi connectivity index (χ1) is 8.14. The van der Waals surface area contributed by atoms with Crippen LogP contribution in [0.4, 0.5) is 4.39 Å². The van der Waals surface area contributed by atoms with Gasteiger partial charge in [-0.05, 0) is 24.5 Å². The van der Waals surface area contributed by atoms with Crippen molar-refractivity contribution in [1.82, 2.24) is 0 Å². The summed E-state index contributed by atoms with van der Waals surface area (Å²) in [5.41, 5.74) is 6.12. The monoisotopic (exact) mass is 239 g/mol. The van der Waals surface area contributed by atoms with Crippen molar-refractivity contribution in [3.63, 3.8) is 0 Å². The molecule has 0 heterocycles. The molecule has 3 nitrogen and oxygen atoms in total. The minimum Gasteiger partial charge on any atom is -0.504 e. The van der Waals surface area contributed by atoms with E-state index < -0.39 is 5.82 Å². The Morgan fingerprint density at radius 2 is 2.06 bits per heavy atom. The van der Waals surface area contributed by atoms with Gasteiger partial charge in [-0.2, -0.15) is 0 Å². The Morgan fingerprint density at radius 3 is 2.59 bits per heavy atom. The second-order valence-corrected chi connectivity index (χ2v) is 4.67. The Bertz CT molecular complexity index is 414. The van der Waals surface area contributed by atoms with Crippen LogP contribution < -0.4 is 10.5 Å². The smallest absolute Gasteiger partial charge is 0.196 e. The van der Waals surface area contributed by atoms with Gasteiger partial charge in [0.25, 0.3) is 0 Å². The summed E-state index contributed by atoms with van der Waals surface area (Å²) in [7, 11) is 1.35. The van der Waals surface area contributed by atoms with Crippen molar-refractivity contribution in [2.45, 2.75) is 31.1 Å². The van der Waals surface area contributed by atoms with Crippen LogP contribution in [0.2, 0.25) is 0 Å². The van der Waals surface area contributed by atoms with Crippen LogP contribution in [0.5, 0.6) is 11.5 Å². The standard InChI is InChI=1S/C13H18FNO2/c1-17-12-10(16)5-4-9(11(12)14)13(8-15)6-2-3-7-13/h4-5,16H,2-3,6-8,15H2,1H3. The Hall–Kier alpha value is -1.29. The molecule has 0 atom stereocenters. The van der Waals surface area contributed by atoms with Crippen LogP contribution in [-0.2, 0) is 5.41 Å². The highest BCUT2D eigenvalue weighted by Gasteiger charge is 2.37. The highest BCUT2D eigenvalue weighted by molar-refractivity contribution is 5.46. The molecule has 1 aromatic carbocycles. The maximum Gasteiger partial charge on any atom is 0.196 e. The summed E-state index contributed by atoms with van der Waals surface area (Å²) in [5, 5.41) is 9.52. The number of rotatable bonds is 3. The molecule has 17 heavy (non-hydrogen) atoms.